The Bertz CT molecular complexity index is 495. The van der Waals surface area contributed by atoms with Crippen molar-refractivity contribution in [2.45, 2.75) is 56.6 Å². The minimum atomic E-state index is -1.17. The normalized spacial score (nSPS) is 18.7. The van der Waals surface area contributed by atoms with Gasteiger partial charge < -0.3 is 5.32 Å². The molecule has 1 N–H and O–H groups in total. The summed E-state index contributed by atoms with van der Waals surface area (Å²) in [6.07, 6.45) is 4.49. The summed E-state index contributed by atoms with van der Waals surface area (Å²) in [7, 11) is -1.17. The van der Waals surface area contributed by atoms with Crippen molar-refractivity contribution in [3.63, 3.8) is 0 Å². The fourth-order valence-electron chi connectivity index (χ4n) is 2.60. The predicted octanol–water partition coefficient (Wildman–Crippen LogP) is 2.69. The van der Waals surface area contributed by atoms with E-state index in [-0.39, 0.29) is 5.91 Å². The molecular formula is C16H23NO2S. The van der Waals surface area contributed by atoms with Gasteiger partial charge in [0, 0.05) is 22.6 Å². The molecule has 0 saturated heterocycles. The Labute approximate surface area is 123 Å². The molecule has 0 radical (unpaired) electrons. The average Bonchev–Trinajstić information content (AvgIpc) is 2.90. The Hall–Kier alpha value is -1.16. The molecule has 0 heterocycles. The Morgan fingerprint density at radius 2 is 2.10 bits per heavy atom. The third-order valence-corrected chi connectivity index (χ3v) is 5.48. The first-order valence-electron chi connectivity index (χ1n) is 7.29. The Kier molecular flexibility index (Phi) is 5.35. The monoisotopic (exact) mass is 293 g/mol. The molecule has 0 unspecified atom stereocenters. The largest absolute Gasteiger partial charge is 0.352 e. The molecule has 20 heavy (non-hydrogen) atoms. The first-order valence-corrected chi connectivity index (χ1v) is 8.67. The average molecular weight is 293 g/mol. The SMILES string of the molecule is Cc1cccc(C[S@@](=O)[C@H](C)C(=O)NC2CCCC2)c1. The van der Waals surface area contributed by atoms with Crippen molar-refractivity contribution in [2.75, 3.05) is 0 Å². The van der Waals surface area contributed by atoms with Gasteiger partial charge in [0.1, 0.15) is 5.25 Å². The third-order valence-electron chi connectivity index (χ3n) is 3.86. The highest BCUT2D eigenvalue weighted by molar-refractivity contribution is 7.85. The van der Waals surface area contributed by atoms with Crippen LogP contribution in [-0.2, 0) is 21.3 Å². The number of hydrogen-bond acceptors (Lipinski definition) is 2. The number of benzene rings is 1. The lowest BCUT2D eigenvalue weighted by Crippen LogP contribution is -2.40. The van der Waals surface area contributed by atoms with Gasteiger partial charge in [-0.15, -0.1) is 0 Å². The first-order chi connectivity index (χ1) is 9.56. The predicted molar refractivity (Wildman–Crippen MR) is 82.9 cm³/mol. The molecule has 3 nitrogen and oxygen atoms in total. The minimum absolute atomic E-state index is 0.0668. The highest BCUT2D eigenvalue weighted by atomic mass is 32.2. The van der Waals surface area contributed by atoms with Crippen LogP contribution in [0.3, 0.4) is 0 Å². The van der Waals surface area contributed by atoms with E-state index in [1.165, 1.54) is 12.8 Å². The van der Waals surface area contributed by atoms with E-state index >= 15 is 0 Å². The van der Waals surface area contributed by atoms with Crippen LogP contribution in [0.5, 0.6) is 0 Å². The molecule has 1 saturated carbocycles. The second kappa shape index (κ2) is 7.02. The van der Waals surface area contributed by atoms with Crippen molar-refractivity contribution in [2.24, 2.45) is 0 Å². The van der Waals surface area contributed by atoms with E-state index in [2.05, 4.69) is 5.32 Å². The van der Waals surface area contributed by atoms with Crippen LogP contribution in [0.15, 0.2) is 24.3 Å². The van der Waals surface area contributed by atoms with Crippen molar-refractivity contribution in [1.82, 2.24) is 5.32 Å². The van der Waals surface area contributed by atoms with Gasteiger partial charge in [-0.3, -0.25) is 9.00 Å². The van der Waals surface area contributed by atoms with Crippen molar-refractivity contribution >= 4 is 16.7 Å². The first kappa shape index (κ1) is 15.2. The Morgan fingerprint density at radius 3 is 2.75 bits per heavy atom. The Balaban J connectivity index is 1.89. The lowest BCUT2D eigenvalue weighted by Gasteiger charge is -2.16. The quantitative estimate of drug-likeness (QED) is 0.907. The van der Waals surface area contributed by atoms with Crippen LogP contribution in [0.4, 0.5) is 0 Å². The molecule has 2 atom stereocenters. The van der Waals surface area contributed by atoms with Crippen LogP contribution >= 0.6 is 0 Å². The van der Waals surface area contributed by atoms with Gasteiger partial charge in [-0.1, -0.05) is 42.7 Å². The molecule has 1 fully saturated rings. The maximum Gasteiger partial charge on any atom is 0.235 e. The van der Waals surface area contributed by atoms with E-state index < -0.39 is 16.0 Å². The second-order valence-corrected chi connectivity index (χ2v) is 7.40. The summed E-state index contributed by atoms with van der Waals surface area (Å²) in [6, 6.07) is 8.26. The summed E-state index contributed by atoms with van der Waals surface area (Å²) in [6.45, 7) is 3.78. The maximum atomic E-state index is 12.3. The zero-order valence-corrected chi connectivity index (χ0v) is 13.0. The molecule has 0 bridgehead atoms. The molecule has 110 valence electrons. The van der Waals surface area contributed by atoms with E-state index in [1.54, 1.807) is 6.92 Å². The number of nitrogens with one attached hydrogen (secondary N) is 1. The number of rotatable bonds is 5. The van der Waals surface area contributed by atoms with Gasteiger partial charge in [0.15, 0.2) is 0 Å². The zero-order valence-electron chi connectivity index (χ0n) is 12.2. The standard InChI is InChI=1S/C16H23NO2S/c1-12-6-5-7-14(10-12)11-20(19)13(2)16(18)17-15-8-3-4-9-15/h5-7,10,13,15H,3-4,8-9,11H2,1-2H3,(H,17,18)/t13-,20-/m1/s1. The number of hydrogen-bond donors (Lipinski definition) is 1. The number of amides is 1. The molecule has 1 aliphatic rings. The van der Waals surface area contributed by atoms with Gasteiger partial charge in [0.2, 0.25) is 5.91 Å². The van der Waals surface area contributed by atoms with Crippen LogP contribution in [0, 0.1) is 6.92 Å². The van der Waals surface area contributed by atoms with E-state index in [0.29, 0.717) is 11.8 Å². The van der Waals surface area contributed by atoms with E-state index in [9.17, 15) is 9.00 Å². The summed E-state index contributed by atoms with van der Waals surface area (Å²) in [5.41, 5.74) is 2.19. The number of carbonyl (C=O) groups excluding carboxylic acids is 1. The topological polar surface area (TPSA) is 46.2 Å². The van der Waals surface area contributed by atoms with Crippen LogP contribution in [0.1, 0.15) is 43.7 Å². The minimum Gasteiger partial charge on any atom is -0.352 e. The molecule has 0 spiro atoms. The Morgan fingerprint density at radius 1 is 1.40 bits per heavy atom. The lowest BCUT2D eigenvalue weighted by atomic mass is 10.2. The molecule has 4 heteroatoms. The van der Waals surface area contributed by atoms with Gasteiger partial charge in [-0.05, 0) is 32.3 Å². The van der Waals surface area contributed by atoms with Crippen LogP contribution in [0.2, 0.25) is 0 Å². The summed E-state index contributed by atoms with van der Waals surface area (Å²) in [5, 5.41) is 2.58. The van der Waals surface area contributed by atoms with E-state index in [1.807, 2.05) is 31.2 Å². The molecule has 1 aromatic rings. The van der Waals surface area contributed by atoms with Crippen molar-refractivity contribution in [3.8, 4) is 0 Å². The van der Waals surface area contributed by atoms with Crippen molar-refractivity contribution in [1.29, 1.82) is 0 Å². The van der Waals surface area contributed by atoms with Crippen molar-refractivity contribution < 1.29 is 9.00 Å². The van der Waals surface area contributed by atoms with Crippen molar-refractivity contribution in [3.05, 3.63) is 35.4 Å². The second-order valence-electron chi connectivity index (χ2n) is 5.65. The summed E-state index contributed by atoms with van der Waals surface area (Å²) in [5.74, 6) is 0.379. The van der Waals surface area contributed by atoms with Crippen LogP contribution in [-0.4, -0.2) is 21.4 Å². The maximum absolute atomic E-state index is 12.3. The molecule has 2 rings (SSSR count). The van der Waals surface area contributed by atoms with E-state index in [4.69, 9.17) is 0 Å². The van der Waals surface area contributed by atoms with Crippen LogP contribution < -0.4 is 5.32 Å². The molecule has 0 aromatic heterocycles. The summed E-state index contributed by atoms with van der Waals surface area (Å²) >= 11 is 0. The molecular weight excluding hydrogens is 270 g/mol. The van der Waals surface area contributed by atoms with E-state index in [0.717, 1.165) is 24.0 Å². The number of carbonyl (C=O) groups is 1. The molecule has 1 aliphatic carbocycles. The van der Waals surface area contributed by atoms with Gasteiger partial charge in [-0.25, -0.2) is 0 Å². The smallest absolute Gasteiger partial charge is 0.235 e. The highest BCUT2D eigenvalue weighted by Gasteiger charge is 2.24. The molecule has 1 aromatic carbocycles. The fraction of sp³-hybridized carbons (Fsp3) is 0.562. The lowest BCUT2D eigenvalue weighted by molar-refractivity contribution is -0.121. The summed E-state index contributed by atoms with van der Waals surface area (Å²) < 4.78 is 12.3. The molecule has 1 amide bonds. The fourth-order valence-corrected chi connectivity index (χ4v) is 3.66. The van der Waals surface area contributed by atoms with Gasteiger partial charge in [0.25, 0.3) is 0 Å². The molecule has 0 aliphatic heterocycles. The third kappa shape index (κ3) is 4.17. The van der Waals surface area contributed by atoms with Gasteiger partial charge in [0.05, 0.1) is 0 Å². The van der Waals surface area contributed by atoms with Crippen LogP contribution in [0.25, 0.3) is 0 Å². The zero-order chi connectivity index (χ0) is 14.5. The number of aryl methyl sites for hydroxylation is 1. The highest BCUT2D eigenvalue weighted by Crippen LogP contribution is 2.18. The van der Waals surface area contributed by atoms with Gasteiger partial charge >= 0.3 is 0 Å². The van der Waals surface area contributed by atoms with Gasteiger partial charge in [-0.2, -0.15) is 0 Å². The summed E-state index contributed by atoms with van der Waals surface area (Å²) in [4.78, 5) is 12.1.